The van der Waals surface area contributed by atoms with Crippen molar-refractivity contribution in [2.45, 2.75) is 52.0 Å². The number of nitrogens with zero attached hydrogens (tertiary/aromatic N) is 3. The molecule has 6 heteroatoms. The molecule has 1 fully saturated rings. The summed E-state index contributed by atoms with van der Waals surface area (Å²) in [5, 5.41) is 10.3. The Hall–Kier alpha value is -1.43. The fourth-order valence-corrected chi connectivity index (χ4v) is 2.57. The summed E-state index contributed by atoms with van der Waals surface area (Å²) in [4.78, 5) is 18.9. The topological polar surface area (TPSA) is 73.9 Å². The minimum absolute atomic E-state index is 0.0399. The van der Waals surface area contributed by atoms with Gasteiger partial charge in [-0.3, -0.25) is 9.89 Å². The first kappa shape index (κ1) is 15.0. The van der Waals surface area contributed by atoms with Crippen molar-refractivity contribution in [3.63, 3.8) is 0 Å². The van der Waals surface area contributed by atoms with Gasteiger partial charge in [-0.15, -0.1) is 5.10 Å². The van der Waals surface area contributed by atoms with Crippen molar-refractivity contribution in [2.75, 3.05) is 19.6 Å². The summed E-state index contributed by atoms with van der Waals surface area (Å²) in [5.41, 5.74) is 0. The summed E-state index contributed by atoms with van der Waals surface area (Å²) in [6.07, 6.45) is 2.97. The maximum Gasteiger partial charge on any atom is 0.293 e. The highest BCUT2D eigenvalue weighted by Crippen LogP contribution is 2.16. The average molecular weight is 279 g/mol. The Morgan fingerprint density at radius 3 is 2.65 bits per heavy atom. The number of nitrogens with one attached hydrogen (secondary N) is 2. The predicted octanol–water partition coefficient (Wildman–Crippen LogP) is 1.53. The third-order valence-electron chi connectivity index (χ3n) is 3.72. The summed E-state index contributed by atoms with van der Waals surface area (Å²) in [7, 11) is 0. The Labute approximate surface area is 120 Å². The smallest absolute Gasteiger partial charge is 0.293 e. The van der Waals surface area contributed by atoms with Crippen molar-refractivity contribution in [2.24, 2.45) is 0 Å². The molecule has 1 amide bonds. The van der Waals surface area contributed by atoms with E-state index in [1.165, 1.54) is 0 Å². The van der Waals surface area contributed by atoms with Crippen LogP contribution < -0.4 is 5.32 Å². The zero-order valence-electron chi connectivity index (χ0n) is 12.6. The number of aromatic amines is 1. The second kappa shape index (κ2) is 6.83. The monoisotopic (exact) mass is 279 g/mol. The molecule has 0 unspecified atom stereocenters. The van der Waals surface area contributed by atoms with Gasteiger partial charge in [0, 0.05) is 18.5 Å². The van der Waals surface area contributed by atoms with Crippen LogP contribution in [0.25, 0.3) is 0 Å². The molecule has 0 aromatic carbocycles. The first-order chi connectivity index (χ1) is 9.63. The Kier molecular flexibility index (Phi) is 5.11. The van der Waals surface area contributed by atoms with Crippen LogP contribution in [0.4, 0.5) is 0 Å². The molecule has 112 valence electrons. The minimum atomic E-state index is -0.0399. The molecule has 1 aliphatic heterocycles. The molecule has 0 radical (unpaired) electrons. The lowest BCUT2D eigenvalue weighted by Crippen LogP contribution is -2.46. The van der Waals surface area contributed by atoms with Gasteiger partial charge in [0.25, 0.3) is 5.91 Å². The molecule has 0 aliphatic carbocycles. The fraction of sp³-hybridized carbons (Fsp3) is 0.786. The van der Waals surface area contributed by atoms with Crippen molar-refractivity contribution < 1.29 is 4.79 Å². The molecule has 1 aliphatic rings. The van der Waals surface area contributed by atoms with Crippen LogP contribution in [0.15, 0.2) is 0 Å². The van der Waals surface area contributed by atoms with Gasteiger partial charge in [-0.1, -0.05) is 20.8 Å². The summed E-state index contributed by atoms with van der Waals surface area (Å²) < 4.78 is 0. The van der Waals surface area contributed by atoms with Crippen LogP contribution in [0.3, 0.4) is 0 Å². The van der Waals surface area contributed by atoms with Crippen molar-refractivity contribution in [3.8, 4) is 0 Å². The van der Waals surface area contributed by atoms with Gasteiger partial charge in [0.1, 0.15) is 5.82 Å². The van der Waals surface area contributed by atoms with E-state index in [0.717, 1.165) is 44.7 Å². The van der Waals surface area contributed by atoms with Crippen molar-refractivity contribution >= 4 is 5.91 Å². The van der Waals surface area contributed by atoms with Crippen LogP contribution in [0.5, 0.6) is 0 Å². The first-order valence-corrected chi connectivity index (χ1v) is 7.57. The molecule has 1 aromatic heterocycles. The Balaban J connectivity index is 2.12. The lowest BCUT2D eigenvalue weighted by atomic mass is 10.0. The quantitative estimate of drug-likeness (QED) is 0.857. The molecule has 2 rings (SSSR count). The maximum absolute atomic E-state index is 12.6. The number of hydrogen-bond acceptors (Lipinski definition) is 4. The summed E-state index contributed by atoms with van der Waals surface area (Å²) in [6, 6.07) is 0.310. The van der Waals surface area contributed by atoms with E-state index in [9.17, 15) is 4.79 Å². The molecule has 20 heavy (non-hydrogen) atoms. The molecule has 0 atom stereocenters. The second-order valence-corrected chi connectivity index (χ2v) is 5.68. The lowest BCUT2D eigenvalue weighted by molar-refractivity contribution is 0.0630. The van der Waals surface area contributed by atoms with Crippen molar-refractivity contribution in [3.05, 3.63) is 11.6 Å². The van der Waals surface area contributed by atoms with Crippen LogP contribution in [0, 0.1) is 0 Å². The lowest BCUT2D eigenvalue weighted by Gasteiger charge is -2.33. The van der Waals surface area contributed by atoms with Crippen LogP contribution in [0.1, 0.15) is 62.4 Å². The Bertz CT molecular complexity index is 437. The highest BCUT2D eigenvalue weighted by atomic mass is 16.2. The van der Waals surface area contributed by atoms with Crippen LogP contribution >= 0.6 is 0 Å². The number of amides is 1. The number of hydrogen-bond donors (Lipinski definition) is 2. The summed E-state index contributed by atoms with van der Waals surface area (Å²) in [6.45, 7) is 8.89. The van der Waals surface area contributed by atoms with Crippen molar-refractivity contribution in [1.82, 2.24) is 25.4 Å². The number of aromatic nitrogens is 3. The molecule has 6 nitrogen and oxygen atoms in total. The van der Waals surface area contributed by atoms with Gasteiger partial charge < -0.3 is 10.2 Å². The highest BCUT2D eigenvalue weighted by molar-refractivity contribution is 5.90. The Morgan fingerprint density at radius 1 is 1.40 bits per heavy atom. The SMILES string of the molecule is CCCN(C(=O)c1n[nH]c(C(C)C)n1)C1CCNCC1. The molecule has 0 saturated carbocycles. The van der Waals surface area contributed by atoms with Crippen molar-refractivity contribution in [1.29, 1.82) is 0 Å². The molecule has 0 spiro atoms. The first-order valence-electron chi connectivity index (χ1n) is 7.57. The highest BCUT2D eigenvalue weighted by Gasteiger charge is 2.28. The van der Waals surface area contributed by atoms with E-state index < -0.39 is 0 Å². The van der Waals surface area contributed by atoms with Gasteiger partial charge >= 0.3 is 0 Å². The van der Waals surface area contributed by atoms with Crippen LogP contribution in [0.2, 0.25) is 0 Å². The summed E-state index contributed by atoms with van der Waals surface area (Å²) in [5.74, 6) is 1.29. The number of H-pyrrole nitrogens is 1. The van der Waals surface area contributed by atoms with Crippen LogP contribution in [-0.4, -0.2) is 51.7 Å². The molecular weight excluding hydrogens is 254 g/mol. The predicted molar refractivity (Wildman–Crippen MR) is 77.7 cm³/mol. The van der Waals surface area contributed by atoms with Crippen LogP contribution in [-0.2, 0) is 0 Å². The van der Waals surface area contributed by atoms with Gasteiger partial charge in [-0.2, -0.15) is 0 Å². The minimum Gasteiger partial charge on any atom is -0.333 e. The molecule has 2 heterocycles. The number of carbonyl (C=O) groups is 1. The van der Waals surface area contributed by atoms with Gasteiger partial charge in [0.2, 0.25) is 5.82 Å². The van der Waals surface area contributed by atoms with E-state index in [1.807, 2.05) is 18.7 Å². The van der Waals surface area contributed by atoms with Gasteiger partial charge in [0.15, 0.2) is 0 Å². The largest absolute Gasteiger partial charge is 0.333 e. The normalized spacial score (nSPS) is 16.6. The van der Waals surface area contributed by atoms with E-state index >= 15 is 0 Å². The molecule has 1 saturated heterocycles. The Morgan fingerprint density at radius 2 is 2.10 bits per heavy atom. The van der Waals surface area contributed by atoms with Gasteiger partial charge in [0.05, 0.1) is 0 Å². The zero-order chi connectivity index (χ0) is 14.5. The number of carbonyl (C=O) groups excluding carboxylic acids is 1. The zero-order valence-corrected chi connectivity index (χ0v) is 12.6. The van der Waals surface area contributed by atoms with E-state index in [4.69, 9.17) is 0 Å². The molecule has 0 bridgehead atoms. The maximum atomic E-state index is 12.6. The molecule has 1 aromatic rings. The number of rotatable bonds is 5. The number of piperidine rings is 1. The van der Waals surface area contributed by atoms with E-state index in [-0.39, 0.29) is 11.8 Å². The van der Waals surface area contributed by atoms with Gasteiger partial charge in [-0.25, -0.2) is 4.98 Å². The van der Waals surface area contributed by atoms with E-state index in [2.05, 4.69) is 27.4 Å². The molecular formula is C14H25N5O. The third-order valence-corrected chi connectivity index (χ3v) is 3.72. The second-order valence-electron chi connectivity index (χ2n) is 5.68. The van der Waals surface area contributed by atoms with Gasteiger partial charge in [-0.05, 0) is 32.4 Å². The average Bonchev–Trinajstić information content (AvgIpc) is 2.95. The van der Waals surface area contributed by atoms with E-state index in [0.29, 0.717) is 11.9 Å². The molecule has 2 N–H and O–H groups in total. The standard InChI is InChI=1S/C14H25N5O/c1-4-9-19(11-5-7-15-8-6-11)14(20)13-16-12(10(2)3)17-18-13/h10-11,15H,4-9H2,1-3H3,(H,16,17,18). The fourth-order valence-electron chi connectivity index (χ4n) is 2.57. The third kappa shape index (κ3) is 3.36. The summed E-state index contributed by atoms with van der Waals surface area (Å²) >= 11 is 0. The van der Waals surface area contributed by atoms with E-state index in [1.54, 1.807) is 0 Å².